The molecule has 33 heavy (non-hydrogen) atoms. The Morgan fingerprint density at radius 1 is 1.03 bits per heavy atom. The van der Waals surface area contributed by atoms with E-state index in [0.717, 1.165) is 77.6 Å². The number of nitrogens with zero attached hydrogens (tertiary/aromatic N) is 5. The zero-order valence-electron chi connectivity index (χ0n) is 20.9. The van der Waals surface area contributed by atoms with E-state index < -0.39 is 0 Å². The number of hydrogen-bond donors (Lipinski definition) is 1. The van der Waals surface area contributed by atoms with Gasteiger partial charge in [-0.25, -0.2) is 0 Å². The summed E-state index contributed by atoms with van der Waals surface area (Å²) in [6.07, 6.45) is 3.35. The van der Waals surface area contributed by atoms with Crippen LogP contribution < -0.4 is 5.32 Å². The molecule has 2 aliphatic rings. The van der Waals surface area contributed by atoms with E-state index >= 15 is 0 Å². The molecule has 1 aromatic carbocycles. The average Bonchev–Trinajstić information content (AvgIpc) is 3.36. The van der Waals surface area contributed by atoms with Gasteiger partial charge < -0.3 is 15.1 Å². The van der Waals surface area contributed by atoms with Crippen LogP contribution in [0.2, 0.25) is 0 Å². The van der Waals surface area contributed by atoms with E-state index in [2.05, 4.69) is 76.2 Å². The normalized spacial score (nSPS) is 19.4. The van der Waals surface area contributed by atoms with E-state index in [4.69, 9.17) is 0 Å². The lowest BCUT2D eigenvalue weighted by Crippen LogP contribution is -2.57. The number of amides is 1. The topological polar surface area (TPSA) is 54.4 Å². The summed E-state index contributed by atoms with van der Waals surface area (Å²) in [6, 6.07) is 11.1. The fraction of sp³-hybridized carbons (Fsp3) is 0.680. The Kier molecular flexibility index (Phi) is 11.9. The number of likely N-dealkylation sites (tertiary alicyclic amines) is 1. The number of carbonyl (C=O) groups is 1. The first kappa shape index (κ1) is 27.9. The van der Waals surface area contributed by atoms with Crippen molar-refractivity contribution in [3.8, 4) is 0 Å². The Morgan fingerprint density at radius 2 is 1.67 bits per heavy atom. The van der Waals surface area contributed by atoms with Gasteiger partial charge in [0.25, 0.3) is 0 Å². The maximum atomic E-state index is 12.7. The van der Waals surface area contributed by atoms with Crippen molar-refractivity contribution < 1.29 is 4.79 Å². The highest BCUT2D eigenvalue weighted by atomic mass is 127. The van der Waals surface area contributed by atoms with Crippen LogP contribution in [0.1, 0.15) is 38.7 Å². The number of carbonyl (C=O) groups excluding carboxylic acids is 1. The van der Waals surface area contributed by atoms with Crippen LogP contribution in [-0.2, 0) is 11.3 Å². The third-order valence-corrected chi connectivity index (χ3v) is 7.02. The fourth-order valence-corrected chi connectivity index (χ4v) is 4.65. The second-order valence-corrected chi connectivity index (χ2v) is 9.24. The van der Waals surface area contributed by atoms with Crippen molar-refractivity contribution in [2.24, 2.45) is 4.99 Å². The van der Waals surface area contributed by atoms with Crippen molar-refractivity contribution in [2.45, 2.75) is 51.7 Å². The molecule has 186 valence electrons. The molecule has 7 nitrogen and oxygen atoms in total. The highest BCUT2D eigenvalue weighted by molar-refractivity contribution is 14.0. The molecule has 2 fully saturated rings. The van der Waals surface area contributed by atoms with Gasteiger partial charge in [-0.05, 0) is 45.7 Å². The van der Waals surface area contributed by atoms with Gasteiger partial charge in [-0.1, -0.05) is 30.3 Å². The zero-order chi connectivity index (χ0) is 22.9. The van der Waals surface area contributed by atoms with Crippen LogP contribution in [0.15, 0.2) is 35.3 Å². The molecule has 1 amide bonds. The monoisotopic (exact) mass is 570 g/mol. The van der Waals surface area contributed by atoms with Gasteiger partial charge in [0.2, 0.25) is 5.91 Å². The van der Waals surface area contributed by atoms with Crippen molar-refractivity contribution >= 4 is 35.8 Å². The molecule has 0 bridgehead atoms. The van der Waals surface area contributed by atoms with Gasteiger partial charge in [-0.2, -0.15) is 0 Å². The molecular formula is C25H43IN6O. The Bertz CT molecular complexity index is 732. The van der Waals surface area contributed by atoms with Gasteiger partial charge in [0.15, 0.2) is 5.96 Å². The Morgan fingerprint density at radius 3 is 2.27 bits per heavy atom. The molecule has 0 radical (unpaired) electrons. The molecule has 2 unspecified atom stereocenters. The third kappa shape index (κ3) is 8.10. The van der Waals surface area contributed by atoms with Crippen molar-refractivity contribution in [1.82, 2.24) is 24.9 Å². The molecule has 2 aliphatic heterocycles. The third-order valence-electron chi connectivity index (χ3n) is 7.02. The van der Waals surface area contributed by atoms with Crippen LogP contribution in [0.3, 0.4) is 0 Å². The molecule has 0 aromatic heterocycles. The maximum absolute atomic E-state index is 12.7. The van der Waals surface area contributed by atoms with E-state index in [1.807, 2.05) is 11.9 Å². The minimum atomic E-state index is -0.0220. The summed E-state index contributed by atoms with van der Waals surface area (Å²) in [7, 11) is 4.05. The molecule has 1 N–H and O–H groups in total. The standard InChI is InChI=1S/C25H42N6O.HI/c1-21(28(4)20-23-10-6-5-7-11-23)12-13-27-25(26-3)31-18-16-29(17-19-31)22(2)24(32)30-14-8-9-15-30;/h5-7,10-11,21-22H,8-9,12-20H2,1-4H3,(H,26,27);1H. The summed E-state index contributed by atoms with van der Waals surface area (Å²) < 4.78 is 0. The quantitative estimate of drug-likeness (QED) is 0.296. The van der Waals surface area contributed by atoms with Gasteiger partial charge in [0.1, 0.15) is 0 Å². The molecular weight excluding hydrogens is 527 g/mol. The Labute approximate surface area is 217 Å². The van der Waals surface area contributed by atoms with Gasteiger partial charge in [-0.3, -0.25) is 19.6 Å². The van der Waals surface area contributed by atoms with Crippen LogP contribution in [0.4, 0.5) is 0 Å². The Hall–Kier alpha value is -1.39. The molecule has 3 rings (SSSR count). The highest BCUT2D eigenvalue weighted by Gasteiger charge is 2.30. The van der Waals surface area contributed by atoms with Gasteiger partial charge in [-0.15, -0.1) is 24.0 Å². The lowest BCUT2D eigenvalue weighted by Gasteiger charge is -2.39. The zero-order valence-corrected chi connectivity index (χ0v) is 23.2. The van der Waals surface area contributed by atoms with E-state index in [-0.39, 0.29) is 30.0 Å². The molecule has 8 heteroatoms. The van der Waals surface area contributed by atoms with E-state index in [9.17, 15) is 4.79 Å². The van der Waals surface area contributed by atoms with Crippen LogP contribution in [-0.4, -0.2) is 103 Å². The number of aliphatic imine (C=N–C) groups is 1. The first-order valence-corrected chi connectivity index (χ1v) is 12.2. The first-order chi connectivity index (χ1) is 15.5. The van der Waals surface area contributed by atoms with Crippen LogP contribution in [0, 0.1) is 0 Å². The second-order valence-electron chi connectivity index (χ2n) is 9.24. The van der Waals surface area contributed by atoms with Crippen LogP contribution in [0.25, 0.3) is 0 Å². The summed E-state index contributed by atoms with van der Waals surface area (Å²) in [4.78, 5) is 26.3. The molecule has 0 aliphatic carbocycles. The predicted molar refractivity (Wildman–Crippen MR) is 147 cm³/mol. The number of nitrogens with one attached hydrogen (secondary N) is 1. The maximum Gasteiger partial charge on any atom is 0.239 e. The van der Waals surface area contributed by atoms with E-state index in [0.29, 0.717) is 11.9 Å². The average molecular weight is 571 g/mol. The highest BCUT2D eigenvalue weighted by Crippen LogP contribution is 2.14. The van der Waals surface area contributed by atoms with Crippen molar-refractivity contribution in [3.05, 3.63) is 35.9 Å². The SMILES string of the molecule is CN=C(NCCC(C)N(C)Cc1ccccc1)N1CCN(C(C)C(=O)N2CCCC2)CC1.I. The summed E-state index contributed by atoms with van der Waals surface area (Å²) in [5.74, 6) is 1.27. The van der Waals surface area contributed by atoms with E-state index in [1.54, 1.807) is 0 Å². The molecule has 2 atom stereocenters. The number of hydrogen-bond acceptors (Lipinski definition) is 4. The number of benzene rings is 1. The van der Waals surface area contributed by atoms with Gasteiger partial charge in [0.05, 0.1) is 6.04 Å². The number of piperazine rings is 1. The Balaban J connectivity index is 0.00000385. The number of halogens is 1. The van der Waals surface area contributed by atoms with Gasteiger partial charge in [0, 0.05) is 65.4 Å². The molecule has 1 aromatic rings. The summed E-state index contributed by atoms with van der Waals surface area (Å²) in [6.45, 7) is 11.7. The molecule has 0 spiro atoms. The van der Waals surface area contributed by atoms with Crippen LogP contribution in [0.5, 0.6) is 0 Å². The van der Waals surface area contributed by atoms with Gasteiger partial charge >= 0.3 is 0 Å². The molecule has 2 saturated heterocycles. The fourth-order valence-electron chi connectivity index (χ4n) is 4.65. The minimum absolute atomic E-state index is 0. The summed E-state index contributed by atoms with van der Waals surface area (Å²) >= 11 is 0. The lowest BCUT2D eigenvalue weighted by molar-refractivity contribution is -0.135. The minimum Gasteiger partial charge on any atom is -0.356 e. The van der Waals surface area contributed by atoms with E-state index in [1.165, 1.54) is 5.56 Å². The first-order valence-electron chi connectivity index (χ1n) is 12.2. The van der Waals surface area contributed by atoms with Crippen molar-refractivity contribution in [1.29, 1.82) is 0 Å². The molecule has 2 heterocycles. The smallest absolute Gasteiger partial charge is 0.239 e. The van der Waals surface area contributed by atoms with Crippen molar-refractivity contribution in [2.75, 3.05) is 59.9 Å². The number of rotatable bonds is 8. The van der Waals surface area contributed by atoms with Crippen LogP contribution >= 0.6 is 24.0 Å². The number of guanidine groups is 1. The largest absolute Gasteiger partial charge is 0.356 e. The summed E-state index contributed by atoms with van der Waals surface area (Å²) in [5, 5.41) is 3.56. The van der Waals surface area contributed by atoms with Crippen molar-refractivity contribution in [3.63, 3.8) is 0 Å². The summed E-state index contributed by atoms with van der Waals surface area (Å²) in [5.41, 5.74) is 1.35. The lowest BCUT2D eigenvalue weighted by atomic mass is 10.1. The molecule has 0 saturated carbocycles. The predicted octanol–water partition coefficient (Wildman–Crippen LogP) is 2.72. The second kappa shape index (κ2) is 14.1.